The third-order valence-electron chi connectivity index (χ3n) is 2.37. The number of esters is 1. The summed E-state index contributed by atoms with van der Waals surface area (Å²) in [6.07, 6.45) is 0. The van der Waals surface area contributed by atoms with Crippen LogP contribution >= 0.6 is 23.5 Å². The summed E-state index contributed by atoms with van der Waals surface area (Å²) in [7, 11) is 1.41. The number of nitrogens with zero attached hydrogens (tertiary/aromatic N) is 1. The molecule has 90 valence electrons. The summed E-state index contributed by atoms with van der Waals surface area (Å²) in [5.74, 6) is 0.702. The highest BCUT2D eigenvalue weighted by Crippen LogP contribution is 2.35. The molecule has 1 aliphatic rings. The zero-order valence-corrected chi connectivity index (χ0v) is 11.3. The number of fused-ring (bicyclic) bond motifs is 1. The van der Waals surface area contributed by atoms with E-state index in [0.717, 1.165) is 15.8 Å². The van der Waals surface area contributed by atoms with Gasteiger partial charge in [0.2, 0.25) is 0 Å². The van der Waals surface area contributed by atoms with E-state index in [9.17, 15) is 4.79 Å². The fourth-order valence-electron chi connectivity index (χ4n) is 1.44. The predicted molar refractivity (Wildman–Crippen MR) is 73.9 cm³/mol. The Morgan fingerprint density at radius 2 is 2.29 bits per heavy atom. The third kappa shape index (κ3) is 3.04. The lowest BCUT2D eigenvalue weighted by Gasteiger charge is -2.16. The summed E-state index contributed by atoms with van der Waals surface area (Å²) in [6.45, 7) is 1.83. The number of hydrogen-bond donors (Lipinski definition) is 0. The molecule has 1 aromatic rings. The van der Waals surface area contributed by atoms with Crippen LogP contribution in [0.3, 0.4) is 0 Å². The minimum Gasteiger partial charge on any atom is -0.468 e. The number of hydrogen-bond acceptors (Lipinski definition) is 5. The Balaban J connectivity index is 2.10. The minimum atomic E-state index is -0.212. The van der Waals surface area contributed by atoms with Crippen LogP contribution in [0.1, 0.15) is 12.5 Å². The van der Waals surface area contributed by atoms with Crippen LogP contribution in [-0.4, -0.2) is 22.7 Å². The Kier molecular flexibility index (Phi) is 4.12. The van der Waals surface area contributed by atoms with Gasteiger partial charge in [-0.3, -0.25) is 4.79 Å². The number of ether oxygens (including phenoxy) is 1. The standard InChI is InChI=1S/C12H13NO2S2/c1-8(11(14)15-2)17-12-13-10-6-4-3-5-9(10)7-16-12/h3-6,8H,7H2,1-2H3. The van der Waals surface area contributed by atoms with Crippen molar-refractivity contribution in [3.05, 3.63) is 29.8 Å². The van der Waals surface area contributed by atoms with Gasteiger partial charge in [0.25, 0.3) is 0 Å². The molecule has 1 heterocycles. The van der Waals surface area contributed by atoms with Gasteiger partial charge in [-0.05, 0) is 18.6 Å². The number of para-hydroxylation sites is 1. The average Bonchev–Trinajstić information content (AvgIpc) is 2.37. The number of thioether (sulfide) groups is 2. The fraction of sp³-hybridized carbons (Fsp3) is 0.333. The molecule has 1 unspecified atom stereocenters. The molecule has 1 aromatic carbocycles. The molecule has 17 heavy (non-hydrogen) atoms. The van der Waals surface area contributed by atoms with Crippen molar-refractivity contribution in [2.24, 2.45) is 4.99 Å². The van der Waals surface area contributed by atoms with Crippen molar-refractivity contribution in [1.29, 1.82) is 0 Å². The first-order valence-corrected chi connectivity index (χ1v) is 7.11. The minimum absolute atomic E-state index is 0.211. The van der Waals surface area contributed by atoms with Gasteiger partial charge < -0.3 is 4.74 Å². The second-order valence-corrected chi connectivity index (χ2v) is 6.13. The molecule has 1 aliphatic heterocycles. The molecule has 0 saturated carbocycles. The highest BCUT2D eigenvalue weighted by Gasteiger charge is 2.20. The molecule has 0 saturated heterocycles. The van der Waals surface area contributed by atoms with Crippen LogP contribution in [0.5, 0.6) is 0 Å². The molecule has 0 bridgehead atoms. The summed E-state index contributed by atoms with van der Waals surface area (Å²) in [5, 5.41) is -0.212. The van der Waals surface area contributed by atoms with Crippen molar-refractivity contribution in [1.82, 2.24) is 0 Å². The van der Waals surface area contributed by atoms with Gasteiger partial charge in [0.05, 0.1) is 12.8 Å². The molecule has 5 heteroatoms. The number of rotatable bonds is 2. The molecular weight excluding hydrogens is 254 g/mol. The van der Waals surface area contributed by atoms with E-state index in [0.29, 0.717) is 0 Å². The van der Waals surface area contributed by atoms with Crippen molar-refractivity contribution in [2.45, 2.75) is 17.9 Å². The number of carbonyl (C=O) groups excluding carboxylic acids is 1. The zero-order chi connectivity index (χ0) is 12.3. The first-order valence-electron chi connectivity index (χ1n) is 5.24. The SMILES string of the molecule is COC(=O)C(C)SC1=Nc2ccccc2CS1. The van der Waals surface area contributed by atoms with E-state index in [2.05, 4.69) is 11.1 Å². The maximum Gasteiger partial charge on any atom is 0.318 e. The number of methoxy groups -OCH3 is 1. The Labute approximate surface area is 109 Å². The number of carbonyl (C=O) groups is 1. The van der Waals surface area contributed by atoms with Crippen LogP contribution < -0.4 is 0 Å². The van der Waals surface area contributed by atoms with E-state index < -0.39 is 0 Å². The molecule has 0 spiro atoms. The van der Waals surface area contributed by atoms with E-state index in [4.69, 9.17) is 4.74 Å². The third-order valence-corrected chi connectivity index (χ3v) is 4.64. The van der Waals surface area contributed by atoms with Crippen molar-refractivity contribution < 1.29 is 9.53 Å². The summed E-state index contributed by atoms with van der Waals surface area (Å²) in [6, 6.07) is 8.07. The van der Waals surface area contributed by atoms with E-state index in [1.54, 1.807) is 11.8 Å². The smallest absolute Gasteiger partial charge is 0.318 e. The van der Waals surface area contributed by atoms with Crippen LogP contribution in [0.4, 0.5) is 5.69 Å². The normalized spacial score (nSPS) is 15.8. The van der Waals surface area contributed by atoms with Gasteiger partial charge in [0, 0.05) is 5.75 Å². The van der Waals surface area contributed by atoms with Crippen LogP contribution in [0.25, 0.3) is 0 Å². The van der Waals surface area contributed by atoms with E-state index in [-0.39, 0.29) is 11.2 Å². The van der Waals surface area contributed by atoms with Crippen molar-refractivity contribution in [3.8, 4) is 0 Å². The monoisotopic (exact) mass is 267 g/mol. The highest BCUT2D eigenvalue weighted by molar-refractivity contribution is 8.39. The quantitative estimate of drug-likeness (QED) is 0.771. The topological polar surface area (TPSA) is 38.7 Å². The average molecular weight is 267 g/mol. The van der Waals surface area contributed by atoms with Gasteiger partial charge >= 0.3 is 5.97 Å². The Morgan fingerprint density at radius 1 is 1.53 bits per heavy atom. The van der Waals surface area contributed by atoms with E-state index in [1.165, 1.54) is 24.4 Å². The lowest BCUT2D eigenvalue weighted by Crippen LogP contribution is -2.16. The van der Waals surface area contributed by atoms with Crippen molar-refractivity contribution in [2.75, 3.05) is 7.11 Å². The number of aliphatic imine (C=N–C) groups is 1. The molecular formula is C12H13NO2S2. The second-order valence-electron chi connectivity index (χ2n) is 3.58. The van der Waals surface area contributed by atoms with Gasteiger partial charge in [0.1, 0.15) is 9.63 Å². The second kappa shape index (κ2) is 5.60. The summed E-state index contributed by atoms with van der Waals surface area (Å²) >= 11 is 3.12. The van der Waals surface area contributed by atoms with Crippen LogP contribution in [0.15, 0.2) is 29.3 Å². The van der Waals surface area contributed by atoms with Crippen LogP contribution in [0.2, 0.25) is 0 Å². The summed E-state index contributed by atoms with van der Waals surface area (Å²) in [5.41, 5.74) is 2.25. The van der Waals surface area contributed by atoms with E-state index in [1.807, 2.05) is 25.1 Å². The fourth-order valence-corrected chi connectivity index (χ4v) is 3.65. The lowest BCUT2D eigenvalue weighted by molar-refractivity contribution is -0.139. The first-order chi connectivity index (χ1) is 8.20. The van der Waals surface area contributed by atoms with Crippen LogP contribution in [-0.2, 0) is 15.3 Å². The molecule has 0 N–H and O–H groups in total. The molecule has 0 amide bonds. The van der Waals surface area contributed by atoms with Gasteiger partial charge in [0.15, 0.2) is 0 Å². The molecule has 1 atom stereocenters. The largest absolute Gasteiger partial charge is 0.468 e. The van der Waals surface area contributed by atoms with Crippen LogP contribution in [0, 0.1) is 0 Å². The Hall–Kier alpha value is -0.940. The molecule has 2 rings (SSSR count). The van der Waals surface area contributed by atoms with Gasteiger partial charge in [-0.25, -0.2) is 4.99 Å². The summed E-state index contributed by atoms with van der Waals surface area (Å²) in [4.78, 5) is 15.9. The summed E-state index contributed by atoms with van der Waals surface area (Å²) < 4.78 is 5.63. The Morgan fingerprint density at radius 3 is 3.06 bits per heavy atom. The zero-order valence-electron chi connectivity index (χ0n) is 9.67. The van der Waals surface area contributed by atoms with Gasteiger partial charge in [-0.15, -0.1) is 0 Å². The maximum absolute atomic E-state index is 11.3. The molecule has 0 aromatic heterocycles. The molecule has 0 fully saturated rings. The molecule has 3 nitrogen and oxygen atoms in total. The predicted octanol–water partition coefficient (Wildman–Crippen LogP) is 3.22. The number of benzene rings is 1. The van der Waals surface area contributed by atoms with Gasteiger partial charge in [-0.2, -0.15) is 0 Å². The highest BCUT2D eigenvalue weighted by atomic mass is 32.2. The van der Waals surface area contributed by atoms with Crippen molar-refractivity contribution >= 4 is 39.6 Å². The maximum atomic E-state index is 11.3. The molecule has 0 radical (unpaired) electrons. The van der Waals surface area contributed by atoms with Crippen molar-refractivity contribution in [3.63, 3.8) is 0 Å². The first kappa shape index (κ1) is 12.5. The Bertz CT molecular complexity index is 460. The molecule has 0 aliphatic carbocycles. The van der Waals surface area contributed by atoms with E-state index >= 15 is 0 Å². The van der Waals surface area contributed by atoms with Gasteiger partial charge in [-0.1, -0.05) is 41.7 Å². The lowest BCUT2D eigenvalue weighted by atomic mass is 10.2.